The minimum atomic E-state index is -0.458. The van der Waals surface area contributed by atoms with Gasteiger partial charge in [-0.2, -0.15) is 0 Å². The molecule has 0 saturated heterocycles. The zero-order valence-electron chi connectivity index (χ0n) is 12.8. The van der Waals surface area contributed by atoms with Gasteiger partial charge in [-0.15, -0.1) is 0 Å². The van der Waals surface area contributed by atoms with Crippen LogP contribution in [0.2, 0.25) is 0 Å². The lowest BCUT2D eigenvalue weighted by Crippen LogP contribution is -2.35. The summed E-state index contributed by atoms with van der Waals surface area (Å²) < 4.78 is 4.96. The Bertz CT molecular complexity index is 503. The molecule has 0 saturated carbocycles. The highest BCUT2D eigenvalue weighted by atomic mass is 16.5. The summed E-state index contributed by atoms with van der Waals surface area (Å²) in [5.41, 5.74) is 7.28. The van der Waals surface area contributed by atoms with E-state index in [0.29, 0.717) is 23.5 Å². The van der Waals surface area contributed by atoms with Gasteiger partial charge in [-0.3, -0.25) is 4.79 Å². The monoisotopic (exact) mass is 293 g/mol. The molecule has 1 amide bonds. The highest BCUT2D eigenvalue weighted by Crippen LogP contribution is 2.26. The van der Waals surface area contributed by atoms with E-state index in [1.807, 2.05) is 6.92 Å². The maximum atomic E-state index is 11.8. The van der Waals surface area contributed by atoms with Crippen LogP contribution >= 0.6 is 0 Å². The maximum Gasteiger partial charge on any atom is 0.340 e. The smallest absolute Gasteiger partial charge is 0.340 e. The fraction of sp³-hybridized carbons (Fsp3) is 0.467. The molecule has 0 unspecified atom stereocenters. The van der Waals surface area contributed by atoms with E-state index in [1.54, 1.807) is 37.1 Å². The molecule has 3 N–H and O–H groups in total. The first-order valence-electron chi connectivity index (χ1n) is 7.04. The van der Waals surface area contributed by atoms with Gasteiger partial charge in [0.25, 0.3) is 0 Å². The Balaban J connectivity index is 2.85. The van der Waals surface area contributed by atoms with Gasteiger partial charge in [-0.1, -0.05) is 13.0 Å². The summed E-state index contributed by atoms with van der Waals surface area (Å²) in [6.45, 7) is 4.84. The van der Waals surface area contributed by atoms with Crippen LogP contribution in [0.1, 0.15) is 30.6 Å². The van der Waals surface area contributed by atoms with Crippen LogP contribution in [0.5, 0.6) is 0 Å². The number of para-hydroxylation sites is 1. The topological polar surface area (TPSA) is 84.7 Å². The third-order valence-electron chi connectivity index (χ3n) is 2.94. The van der Waals surface area contributed by atoms with E-state index in [2.05, 4.69) is 5.32 Å². The third-order valence-corrected chi connectivity index (χ3v) is 2.94. The van der Waals surface area contributed by atoms with Crippen molar-refractivity contribution in [1.82, 2.24) is 5.32 Å². The van der Waals surface area contributed by atoms with Crippen LogP contribution in [0.3, 0.4) is 0 Å². The number of carbonyl (C=O) groups excluding carboxylic acids is 2. The molecule has 0 spiro atoms. The van der Waals surface area contributed by atoms with Crippen molar-refractivity contribution in [3.63, 3.8) is 0 Å². The van der Waals surface area contributed by atoms with Gasteiger partial charge in [0.1, 0.15) is 0 Å². The SMILES string of the molecule is CCCNC(=O)CN(C)c1cccc(C(=O)OCC)c1N. The number of nitrogens with one attached hydrogen (secondary N) is 1. The van der Waals surface area contributed by atoms with E-state index in [4.69, 9.17) is 10.5 Å². The molecule has 0 heterocycles. The number of nitrogens with two attached hydrogens (primary N) is 1. The number of nitrogens with zero attached hydrogens (tertiary/aromatic N) is 1. The second-order valence-electron chi connectivity index (χ2n) is 4.66. The second kappa shape index (κ2) is 8.14. The van der Waals surface area contributed by atoms with Crippen LogP contribution in [0.4, 0.5) is 11.4 Å². The van der Waals surface area contributed by atoms with Gasteiger partial charge in [0.05, 0.1) is 30.1 Å². The molecule has 0 fully saturated rings. The van der Waals surface area contributed by atoms with Gasteiger partial charge in [0, 0.05) is 13.6 Å². The van der Waals surface area contributed by atoms with E-state index in [1.165, 1.54) is 0 Å². The minimum absolute atomic E-state index is 0.0831. The Morgan fingerprint density at radius 3 is 2.67 bits per heavy atom. The quantitative estimate of drug-likeness (QED) is 0.586. The van der Waals surface area contributed by atoms with Crippen LogP contribution in [0, 0.1) is 0 Å². The molecule has 6 heteroatoms. The number of hydrogen-bond donors (Lipinski definition) is 2. The number of hydrogen-bond acceptors (Lipinski definition) is 5. The summed E-state index contributed by atoms with van der Waals surface area (Å²) in [7, 11) is 1.76. The minimum Gasteiger partial charge on any atom is -0.462 e. The molecule has 1 rings (SSSR count). The van der Waals surface area contributed by atoms with Crippen molar-refractivity contribution in [3.8, 4) is 0 Å². The van der Waals surface area contributed by atoms with Crippen LogP contribution in [0.25, 0.3) is 0 Å². The number of benzene rings is 1. The number of amides is 1. The molecule has 0 aliphatic heterocycles. The lowest BCUT2D eigenvalue weighted by molar-refractivity contribution is -0.119. The predicted molar refractivity (Wildman–Crippen MR) is 83.4 cm³/mol. The van der Waals surface area contributed by atoms with Crippen molar-refractivity contribution < 1.29 is 14.3 Å². The van der Waals surface area contributed by atoms with Crippen LogP contribution in [-0.4, -0.2) is 38.6 Å². The van der Waals surface area contributed by atoms with Crippen molar-refractivity contribution in [1.29, 1.82) is 0 Å². The largest absolute Gasteiger partial charge is 0.462 e. The average molecular weight is 293 g/mol. The molecule has 0 aliphatic carbocycles. The molecule has 1 aromatic carbocycles. The molecule has 6 nitrogen and oxygen atoms in total. The van der Waals surface area contributed by atoms with Crippen LogP contribution in [-0.2, 0) is 9.53 Å². The molecule has 0 bridgehead atoms. The van der Waals surface area contributed by atoms with Crippen molar-refractivity contribution in [2.45, 2.75) is 20.3 Å². The van der Waals surface area contributed by atoms with Crippen LogP contribution in [0.15, 0.2) is 18.2 Å². The molecular formula is C15H23N3O3. The van der Waals surface area contributed by atoms with Gasteiger partial charge in [-0.05, 0) is 25.5 Å². The molecule has 1 aromatic rings. The fourth-order valence-electron chi connectivity index (χ4n) is 1.89. The number of anilines is 2. The fourth-order valence-corrected chi connectivity index (χ4v) is 1.89. The lowest BCUT2D eigenvalue weighted by Gasteiger charge is -2.21. The predicted octanol–water partition coefficient (Wildman–Crippen LogP) is 1.41. The molecule has 116 valence electrons. The number of nitrogen functional groups attached to an aromatic ring is 1. The van der Waals surface area contributed by atoms with E-state index in [-0.39, 0.29) is 19.1 Å². The van der Waals surface area contributed by atoms with Gasteiger partial charge >= 0.3 is 5.97 Å². The average Bonchev–Trinajstić information content (AvgIpc) is 2.45. The van der Waals surface area contributed by atoms with Crippen molar-refractivity contribution in [3.05, 3.63) is 23.8 Å². The lowest BCUT2D eigenvalue weighted by atomic mass is 10.1. The van der Waals surface area contributed by atoms with Gasteiger partial charge in [0.15, 0.2) is 0 Å². The van der Waals surface area contributed by atoms with E-state index in [0.717, 1.165) is 6.42 Å². The number of likely N-dealkylation sites (N-methyl/N-ethyl adjacent to an activating group) is 1. The Morgan fingerprint density at radius 1 is 1.33 bits per heavy atom. The van der Waals surface area contributed by atoms with Gasteiger partial charge < -0.3 is 20.7 Å². The van der Waals surface area contributed by atoms with Gasteiger partial charge in [-0.25, -0.2) is 4.79 Å². The molecule has 21 heavy (non-hydrogen) atoms. The number of esters is 1. The summed E-state index contributed by atoms with van der Waals surface area (Å²) in [6, 6.07) is 5.10. The maximum absolute atomic E-state index is 11.8. The first kappa shape index (κ1) is 16.8. The summed E-state index contributed by atoms with van der Waals surface area (Å²) >= 11 is 0. The first-order valence-corrected chi connectivity index (χ1v) is 7.04. The summed E-state index contributed by atoms with van der Waals surface area (Å²) in [5.74, 6) is -0.541. The van der Waals surface area contributed by atoms with E-state index >= 15 is 0 Å². The highest BCUT2D eigenvalue weighted by Gasteiger charge is 2.16. The number of rotatable bonds is 7. The Kier molecular flexibility index (Phi) is 6.52. The third kappa shape index (κ3) is 4.66. The molecular weight excluding hydrogens is 270 g/mol. The Labute approximate surface area is 125 Å². The number of ether oxygens (including phenoxy) is 1. The summed E-state index contributed by atoms with van der Waals surface area (Å²) in [4.78, 5) is 25.2. The van der Waals surface area contributed by atoms with Crippen molar-refractivity contribution in [2.24, 2.45) is 0 Å². The highest BCUT2D eigenvalue weighted by molar-refractivity contribution is 5.99. The molecule has 0 radical (unpaired) electrons. The molecule has 0 aromatic heterocycles. The van der Waals surface area contributed by atoms with Crippen LogP contribution < -0.4 is 16.0 Å². The first-order chi connectivity index (χ1) is 10.0. The van der Waals surface area contributed by atoms with E-state index < -0.39 is 5.97 Å². The zero-order chi connectivity index (χ0) is 15.8. The number of carbonyl (C=O) groups is 2. The van der Waals surface area contributed by atoms with Gasteiger partial charge in [0.2, 0.25) is 5.91 Å². The van der Waals surface area contributed by atoms with E-state index in [9.17, 15) is 9.59 Å². The standard InChI is InChI=1S/C15H23N3O3/c1-4-9-17-13(19)10-18(3)12-8-6-7-11(14(12)16)15(20)21-5-2/h6-8H,4-5,9-10,16H2,1-3H3,(H,17,19). The molecule has 0 aliphatic rings. The Hall–Kier alpha value is -2.24. The second-order valence-corrected chi connectivity index (χ2v) is 4.66. The summed E-state index contributed by atoms with van der Waals surface area (Å²) in [5, 5.41) is 2.80. The Morgan fingerprint density at radius 2 is 2.05 bits per heavy atom. The molecule has 0 atom stereocenters. The normalized spacial score (nSPS) is 10.0. The van der Waals surface area contributed by atoms with Crippen molar-refractivity contribution >= 4 is 23.3 Å². The summed E-state index contributed by atoms with van der Waals surface area (Å²) in [6.07, 6.45) is 0.885. The zero-order valence-corrected chi connectivity index (χ0v) is 12.8. The van der Waals surface area contributed by atoms with Crippen molar-refractivity contribution in [2.75, 3.05) is 37.4 Å².